The van der Waals surface area contributed by atoms with Gasteiger partial charge in [-0.15, -0.1) is 0 Å². The Hall–Kier alpha value is -1.39. The fourth-order valence-electron chi connectivity index (χ4n) is 2.15. The van der Waals surface area contributed by atoms with Crippen molar-refractivity contribution in [3.8, 4) is 0 Å². The van der Waals surface area contributed by atoms with Crippen LogP contribution in [0.5, 0.6) is 0 Å². The first-order chi connectivity index (χ1) is 8.89. The van der Waals surface area contributed by atoms with E-state index < -0.39 is 11.6 Å². The summed E-state index contributed by atoms with van der Waals surface area (Å²) in [5, 5.41) is 28.6. The summed E-state index contributed by atoms with van der Waals surface area (Å²) in [6.07, 6.45) is 0.665. The van der Waals surface area contributed by atoms with Crippen molar-refractivity contribution in [1.29, 1.82) is 0 Å². The molecule has 0 saturated carbocycles. The van der Waals surface area contributed by atoms with E-state index in [1.54, 1.807) is 0 Å². The van der Waals surface area contributed by atoms with Gasteiger partial charge in [-0.1, -0.05) is 38.1 Å². The van der Waals surface area contributed by atoms with E-state index in [1.165, 1.54) is 0 Å². The number of hydrogen-bond acceptors (Lipinski definition) is 3. The summed E-state index contributed by atoms with van der Waals surface area (Å²) >= 11 is 0. The number of aliphatic carboxylic acids is 1. The molecule has 3 N–H and O–H groups in total. The first-order valence-corrected chi connectivity index (χ1v) is 6.51. The van der Waals surface area contributed by atoms with Gasteiger partial charge < -0.3 is 15.3 Å². The Balaban J connectivity index is 2.79. The molecule has 1 aromatic rings. The summed E-state index contributed by atoms with van der Waals surface area (Å²) in [7, 11) is 0. The highest BCUT2D eigenvalue weighted by Gasteiger charge is 2.33. The molecule has 0 fully saturated rings. The largest absolute Gasteiger partial charge is 0.481 e. The molecule has 0 spiro atoms. The lowest BCUT2D eigenvalue weighted by Gasteiger charge is -2.31. The van der Waals surface area contributed by atoms with Crippen molar-refractivity contribution in [1.82, 2.24) is 0 Å². The molecule has 0 saturated heterocycles. The summed E-state index contributed by atoms with van der Waals surface area (Å²) in [4.78, 5) is 10.9. The van der Waals surface area contributed by atoms with E-state index >= 15 is 0 Å². The minimum Gasteiger partial charge on any atom is -0.481 e. The van der Waals surface area contributed by atoms with Crippen molar-refractivity contribution >= 4 is 5.97 Å². The molecule has 1 unspecified atom stereocenters. The van der Waals surface area contributed by atoms with Crippen LogP contribution < -0.4 is 0 Å². The normalized spacial score (nSPS) is 14.4. The van der Waals surface area contributed by atoms with Gasteiger partial charge in [0.05, 0.1) is 18.6 Å². The molecule has 0 heterocycles. The number of aryl methyl sites for hydroxylation is 1. The molecular weight excluding hydrogens is 244 g/mol. The van der Waals surface area contributed by atoms with Crippen LogP contribution in [0.4, 0.5) is 0 Å². The lowest BCUT2D eigenvalue weighted by molar-refractivity contribution is -0.145. The van der Waals surface area contributed by atoms with Gasteiger partial charge in [0.1, 0.15) is 0 Å². The highest BCUT2D eigenvalue weighted by atomic mass is 16.4. The number of aliphatic hydroxyl groups is 2. The molecule has 0 aliphatic rings. The van der Waals surface area contributed by atoms with Crippen LogP contribution in [-0.4, -0.2) is 26.9 Å². The van der Waals surface area contributed by atoms with Crippen LogP contribution in [0.25, 0.3) is 0 Å². The molecule has 106 valence electrons. The lowest BCUT2D eigenvalue weighted by atomic mass is 9.81. The predicted octanol–water partition coefficient (Wildman–Crippen LogP) is 1.97. The van der Waals surface area contributed by atoms with E-state index in [0.717, 1.165) is 11.1 Å². The number of carboxylic acids is 1. The monoisotopic (exact) mass is 266 g/mol. The number of rotatable bonds is 7. The highest BCUT2D eigenvalue weighted by molar-refractivity contribution is 5.68. The van der Waals surface area contributed by atoms with Crippen LogP contribution in [0, 0.1) is 5.92 Å². The average Bonchev–Trinajstić information content (AvgIpc) is 2.35. The zero-order valence-electron chi connectivity index (χ0n) is 11.5. The summed E-state index contributed by atoms with van der Waals surface area (Å²) in [6, 6.07) is 7.45. The van der Waals surface area contributed by atoms with E-state index in [2.05, 4.69) is 0 Å². The molecule has 0 aromatic heterocycles. The number of aliphatic hydroxyl groups excluding tert-OH is 1. The van der Waals surface area contributed by atoms with Crippen LogP contribution >= 0.6 is 0 Å². The minimum absolute atomic E-state index is 0.0464. The SMILES string of the molecule is CC(C)C(O)(CCc1ccccc1CO)CC(=O)O. The van der Waals surface area contributed by atoms with Crippen molar-refractivity contribution in [2.75, 3.05) is 0 Å². The first kappa shape index (κ1) is 15.7. The number of benzene rings is 1. The van der Waals surface area contributed by atoms with E-state index in [4.69, 9.17) is 5.11 Å². The maximum atomic E-state index is 10.9. The van der Waals surface area contributed by atoms with Gasteiger partial charge in [-0.2, -0.15) is 0 Å². The van der Waals surface area contributed by atoms with Crippen LogP contribution in [0.2, 0.25) is 0 Å². The third-order valence-corrected chi connectivity index (χ3v) is 3.65. The van der Waals surface area contributed by atoms with Gasteiger partial charge in [0, 0.05) is 0 Å². The summed E-state index contributed by atoms with van der Waals surface area (Å²) in [5.41, 5.74) is 0.562. The van der Waals surface area contributed by atoms with Crippen molar-refractivity contribution in [3.63, 3.8) is 0 Å². The second-order valence-electron chi connectivity index (χ2n) is 5.26. The van der Waals surface area contributed by atoms with Crippen LogP contribution in [-0.2, 0) is 17.8 Å². The highest BCUT2D eigenvalue weighted by Crippen LogP contribution is 2.27. The second-order valence-corrected chi connectivity index (χ2v) is 5.26. The van der Waals surface area contributed by atoms with Crippen molar-refractivity contribution in [3.05, 3.63) is 35.4 Å². The Morgan fingerprint density at radius 2 is 1.84 bits per heavy atom. The van der Waals surface area contributed by atoms with Gasteiger partial charge in [-0.3, -0.25) is 4.79 Å². The summed E-state index contributed by atoms with van der Waals surface area (Å²) in [5.74, 6) is -1.13. The fourth-order valence-corrected chi connectivity index (χ4v) is 2.15. The van der Waals surface area contributed by atoms with E-state index in [9.17, 15) is 15.0 Å². The molecule has 4 heteroatoms. The molecule has 1 atom stereocenters. The molecular formula is C15H22O4. The van der Waals surface area contributed by atoms with Crippen molar-refractivity contribution in [2.45, 2.75) is 45.3 Å². The summed E-state index contributed by atoms with van der Waals surface area (Å²) in [6.45, 7) is 3.59. The van der Waals surface area contributed by atoms with E-state index in [-0.39, 0.29) is 18.9 Å². The Kier molecular flexibility index (Phi) is 5.51. The smallest absolute Gasteiger partial charge is 0.306 e. The van der Waals surface area contributed by atoms with Gasteiger partial charge >= 0.3 is 5.97 Å². The minimum atomic E-state index is -1.21. The Labute approximate surface area is 113 Å². The van der Waals surface area contributed by atoms with Gasteiger partial charge in [0.15, 0.2) is 0 Å². The zero-order valence-corrected chi connectivity index (χ0v) is 11.5. The predicted molar refractivity (Wildman–Crippen MR) is 72.7 cm³/mol. The first-order valence-electron chi connectivity index (χ1n) is 6.51. The van der Waals surface area contributed by atoms with Crippen LogP contribution in [0.3, 0.4) is 0 Å². The Bertz CT molecular complexity index is 428. The van der Waals surface area contributed by atoms with Crippen LogP contribution in [0.1, 0.15) is 37.8 Å². The summed E-state index contributed by atoms with van der Waals surface area (Å²) < 4.78 is 0. The lowest BCUT2D eigenvalue weighted by Crippen LogP contribution is -2.38. The molecule has 0 bridgehead atoms. The topological polar surface area (TPSA) is 77.8 Å². The fraction of sp³-hybridized carbons (Fsp3) is 0.533. The zero-order chi connectivity index (χ0) is 14.5. The van der Waals surface area contributed by atoms with Crippen molar-refractivity contribution in [2.24, 2.45) is 5.92 Å². The quantitative estimate of drug-likeness (QED) is 0.705. The van der Waals surface area contributed by atoms with Gasteiger partial charge in [0.25, 0.3) is 0 Å². The number of carboxylic acid groups (broad SMARTS) is 1. The van der Waals surface area contributed by atoms with Crippen LogP contribution in [0.15, 0.2) is 24.3 Å². The molecule has 0 aliphatic carbocycles. The number of carbonyl (C=O) groups is 1. The third-order valence-electron chi connectivity index (χ3n) is 3.65. The molecule has 1 aromatic carbocycles. The average molecular weight is 266 g/mol. The van der Waals surface area contributed by atoms with Gasteiger partial charge in [0.2, 0.25) is 0 Å². The maximum absolute atomic E-state index is 10.9. The Morgan fingerprint density at radius 1 is 1.26 bits per heavy atom. The molecule has 19 heavy (non-hydrogen) atoms. The standard InChI is InChI=1S/C15H22O4/c1-11(2)15(19,9-14(17)18)8-7-12-5-3-4-6-13(12)10-16/h3-6,11,16,19H,7-10H2,1-2H3,(H,17,18). The molecule has 0 radical (unpaired) electrons. The van der Waals surface area contributed by atoms with Gasteiger partial charge in [-0.05, 0) is 29.9 Å². The number of hydrogen-bond donors (Lipinski definition) is 3. The van der Waals surface area contributed by atoms with Crippen molar-refractivity contribution < 1.29 is 20.1 Å². The molecule has 0 aliphatic heterocycles. The van der Waals surface area contributed by atoms with E-state index in [0.29, 0.717) is 12.8 Å². The maximum Gasteiger partial charge on any atom is 0.306 e. The molecule has 1 rings (SSSR count). The van der Waals surface area contributed by atoms with E-state index in [1.807, 2.05) is 38.1 Å². The second kappa shape index (κ2) is 6.68. The molecule has 4 nitrogen and oxygen atoms in total. The Morgan fingerprint density at radius 3 is 2.32 bits per heavy atom. The molecule has 0 amide bonds. The third kappa shape index (κ3) is 4.33. The van der Waals surface area contributed by atoms with Gasteiger partial charge in [-0.25, -0.2) is 0 Å².